The Bertz CT molecular complexity index is 254. The first-order chi connectivity index (χ1) is 9.62. The van der Waals surface area contributed by atoms with Crippen molar-refractivity contribution >= 4 is 7.82 Å². The maximum Gasteiger partial charge on any atom is 1.00 e. The zero-order valence-electron chi connectivity index (χ0n) is 13.7. The summed E-state index contributed by atoms with van der Waals surface area (Å²) in [6.45, 7) is 1.83. The second-order valence-electron chi connectivity index (χ2n) is 5.02. The maximum atomic E-state index is 11.1. The van der Waals surface area contributed by atoms with Gasteiger partial charge in [0.2, 0.25) is 0 Å². The topological polar surface area (TPSA) is 78.8 Å². The van der Waals surface area contributed by atoms with Crippen LogP contribution in [0.1, 0.15) is 71.1 Å². The molecule has 0 heterocycles. The van der Waals surface area contributed by atoms with Gasteiger partial charge in [-0.05, 0) is 6.42 Å². The van der Waals surface area contributed by atoms with Gasteiger partial charge in [0.1, 0.15) is 0 Å². The van der Waals surface area contributed by atoms with Crippen LogP contribution in [-0.4, -0.2) is 24.9 Å². The van der Waals surface area contributed by atoms with Crippen LogP contribution in [0.25, 0.3) is 0 Å². The summed E-state index contributed by atoms with van der Waals surface area (Å²) in [7, 11) is -4.20. The van der Waals surface area contributed by atoms with Gasteiger partial charge in [0.25, 0.3) is 7.82 Å². The summed E-state index contributed by atoms with van der Waals surface area (Å²) < 4.78 is 20.2. The third-order valence-electron chi connectivity index (χ3n) is 3.09. The summed E-state index contributed by atoms with van der Waals surface area (Å²) in [5.74, 6) is 0. The largest absolute Gasteiger partial charge is 1.00 e. The summed E-state index contributed by atoms with van der Waals surface area (Å²) in [6, 6.07) is 0. The molecule has 0 bridgehead atoms. The molecule has 1 unspecified atom stereocenters. The van der Waals surface area contributed by atoms with Gasteiger partial charge in [-0.25, -0.2) is 0 Å². The first-order valence-electron chi connectivity index (χ1n) is 7.83. The van der Waals surface area contributed by atoms with E-state index in [-0.39, 0.29) is 71.2 Å². The Labute approximate surface area is 172 Å². The Balaban J connectivity index is 0. The van der Waals surface area contributed by atoms with Crippen molar-refractivity contribution in [3.8, 4) is 0 Å². The number of aliphatic hydroxyl groups excluding tert-OH is 1. The van der Waals surface area contributed by atoms with Crippen LogP contribution in [0.2, 0.25) is 0 Å². The Morgan fingerprint density at radius 1 is 0.857 bits per heavy atom. The maximum absolute atomic E-state index is 11.1. The van der Waals surface area contributed by atoms with Crippen LogP contribution < -0.4 is 56.3 Å². The monoisotopic (exact) mass is 348 g/mol. The van der Waals surface area contributed by atoms with E-state index < -0.39 is 7.82 Å². The van der Waals surface area contributed by atoms with E-state index in [0.717, 1.165) is 19.3 Å². The smallest absolute Gasteiger partial charge is 0.756 e. The van der Waals surface area contributed by atoms with E-state index in [1.54, 1.807) is 0 Å². The van der Waals surface area contributed by atoms with Crippen molar-refractivity contribution in [2.45, 2.75) is 71.1 Å². The van der Waals surface area contributed by atoms with Crippen molar-refractivity contribution in [2.24, 2.45) is 0 Å². The number of phosphoric acid groups is 1. The fourth-order valence-corrected chi connectivity index (χ4v) is 2.69. The minimum Gasteiger partial charge on any atom is -0.756 e. The van der Waals surface area contributed by atoms with Gasteiger partial charge in [-0.2, -0.15) is 0 Å². The molecule has 0 amide bonds. The van der Waals surface area contributed by atoms with Crippen LogP contribution >= 0.6 is 7.82 Å². The summed E-state index contributed by atoms with van der Waals surface area (Å²) in [5.41, 5.74) is 0. The first-order valence-corrected chi connectivity index (χ1v) is 9.29. The van der Waals surface area contributed by atoms with Crippen LogP contribution in [0.3, 0.4) is 0 Å². The van der Waals surface area contributed by atoms with Gasteiger partial charge in [-0.15, -0.1) is 0 Å². The van der Waals surface area contributed by atoms with Gasteiger partial charge in [-0.1, -0.05) is 64.7 Å². The zero-order chi connectivity index (χ0) is 15.1. The molecule has 0 aliphatic heterocycles. The molecule has 0 saturated heterocycles. The normalized spacial score (nSPS) is 13.7. The molecule has 122 valence electrons. The number of hydrogen-bond donors (Lipinski definition) is 1. The molecule has 0 fully saturated rings. The van der Waals surface area contributed by atoms with E-state index in [0.29, 0.717) is 0 Å². The van der Waals surface area contributed by atoms with Gasteiger partial charge >= 0.3 is 51.4 Å². The summed E-state index contributed by atoms with van der Waals surface area (Å²) >= 11 is 0. The Morgan fingerprint density at radius 2 is 1.29 bits per heavy atom. The number of phosphoric ester groups is 1. The van der Waals surface area contributed by atoms with Crippen molar-refractivity contribution in [1.82, 2.24) is 0 Å². The van der Waals surface area contributed by atoms with Crippen molar-refractivity contribution in [3.05, 3.63) is 0 Å². The summed E-state index contributed by atoms with van der Waals surface area (Å²) in [4.78, 5) is 11.1. The van der Waals surface area contributed by atoms with Gasteiger partial charge in [-0.3, -0.25) is 4.57 Å². The fourth-order valence-electron chi connectivity index (χ4n) is 1.96. The van der Waals surface area contributed by atoms with Crippen molar-refractivity contribution in [2.75, 3.05) is 19.8 Å². The molecule has 0 aromatic heterocycles. The van der Waals surface area contributed by atoms with Crippen molar-refractivity contribution in [3.63, 3.8) is 0 Å². The molecule has 7 heteroatoms. The Hall–Kier alpha value is 1.71. The molecule has 21 heavy (non-hydrogen) atoms. The average Bonchev–Trinajstić information content (AvgIpc) is 2.42. The molecular formula is C14H30KO5P. The van der Waals surface area contributed by atoms with Gasteiger partial charge < -0.3 is 19.0 Å². The second-order valence-corrected chi connectivity index (χ2v) is 6.43. The van der Waals surface area contributed by atoms with Gasteiger partial charge in [0.15, 0.2) is 0 Å². The van der Waals surface area contributed by atoms with E-state index in [2.05, 4.69) is 16.0 Å². The van der Waals surface area contributed by atoms with Gasteiger partial charge in [0.05, 0.1) is 19.8 Å². The minimum absolute atomic E-state index is 0. The molecule has 0 saturated carbocycles. The number of hydrogen-bond acceptors (Lipinski definition) is 5. The van der Waals surface area contributed by atoms with Crippen LogP contribution in [-0.2, 0) is 13.6 Å². The molecule has 0 aromatic carbocycles. The number of rotatable bonds is 15. The van der Waals surface area contributed by atoms with Crippen LogP contribution in [0.4, 0.5) is 0 Å². The summed E-state index contributed by atoms with van der Waals surface area (Å²) in [6.07, 6.45) is 11.9. The molecule has 0 rings (SSSR count). The molecule has 0 aromatic rings. The van der Waals surface area contributed by atoms with E-state index in [1.165, 1.54) is 44.9 Å². The predicted octanol–water partition coefficient (Wildman–Crippen LogP) is 0.405. The van der Waals surface area contributed by atoms with Crippen LogP contribution in [0, 0.1) is 0 Å². The molecule has 0 aliphatic carbocycles. The SMILES string of the molecule is CCCCCCCCCCCCOP(=O)([O-])OCCO.[K+]. The van der Waals surface area contributed by atoms with E-state index >= 15 is 0 Å². The first kappa shape index (κ1) is 25.0. The van der Waals surface area contributed by atoms with Crippen LogP contribution in [0.5, 0.6) is 0 Å². The summed E-state index contributed by atoms with van der Waals surface area (Å²) in [5, 5.41) is 8.45. The van der Waals surface area contributed by atoms with Crippen molar-refractivity contribution in [1.29, 1.82) is 0 Å². The van der Waals surface area contributed by atoms with E-state index in [9.17, 15) is 9.46 Å². The molecular weight excluding hydrogens is 318 g/mol. The molecule has 5 nitrogen and oxygen atoms in total. The predicted molar refractivity (Wildman–Crippen MR) is 78.4 cm³/mol. The standard InChI is InChI=1S/C14H31O5P.K/c1-2-3-4-5-6-7-8-9-10-11-13-18-20(16,17)19-14-12-15;/h15H,2-14H2,1H3,(H,16,17);/q;+1/p-1. The average molecular weight is 348 g/mol. The van der Waals surface area contributed by atoms with Crippen molar-refractivity contribution < 1.29 is 75.0 Å². The third-order valence-corrected chi connectivity index (χ3v) is 4.09. The minimum atomic E-state index is -4.20. The molecule has 0 spiro atoms. The zero-order valence-corrected chi connectivity index (χ0v) is 17.7. The molecule has 1 N–H and O–H groups in total. The van der Waals surface area contributed by atoms with E-state index in [4.69, 9.17) is 5.11 Å². The Morgan fingerprint density at radius 3 is 1.76 bits per heavy atom. The molecule has 0 aliphatic rings. The Kier molecular flexibility index (Phi) is 21.4. The van der Waals surface area contributed by atoms with Gasteiger partial charge in [0, 0.05) is 0 Å². The fraction of sp³-hybridized carbons (Fsp3) is 1.00. The molecule has 1 atom stereocenters. The number of unbranched alkanes of at least 4 members (excludes halogenated alkanes) is 9. The van der Waals surface area contributed by atoms with Crippen LogP contribution in [0.15, 0.2) is 0 Å². The quantitative estimate of drug-likeness (QED) is 0.263. The number of aliphatic hydroxyl groups is 1. The second kappa shape index (κ2) is 18.1. The third kappa shape index (κ3) is 19.7. The molecule has 0 radical (unpaired) electrons. The van der Waals surface area contributed by atoms with E-state index in [1.807, 2.05) is 0 Å².